The van der Waals surface area contributed by atoms with E-state index < -0.39 is 0 Å². The third-order valence-electron chi connectivity index (χ3n) is 7.22. The maximum atomic E-state index is 2.83. The summed E-state index contributed by atoms with van der Waals surface area (Å²) in [7, 11) is 0. The van der Waals surface area contributed by atoms with E-state index in [-0.39, 0.29) is 0 Å². The highest BCUT2D eigenvalue weighted by atomic mass is 15.3. The molecule has 3 heteroatoms. The van der Waals surface area contributed by atoms with Crippen molar-refractivity contribution in [1.82, 2.24) is 14.7 Å². The van der Waals surface area contributed by atoms with Gasteiger partial charge < -0.3 is 9.80 Å². The SMILES string of the molecule is CC(C)C1CC(N2CCN(CC3CCN(C(C)C)CC3)C[C@@H]2C)C1. The average molecular weight is 336 g/mol. The number of piperazine rings is 1. The topological polar surface area (TPSA) is 9.72 Å². The molecule has 2 aliphatic heterocycles. The van der Waals surface area contributed by atoms with Crippen molar-refractivity contribution in [3.8, 4) is 0 Å². The molecule has 1 saturated carbocycles. The van der Waals surface area contributed by atoms with E-state index in [0.717, 1.165) is 35.9 Å². The van der Waals surface area contributed by atoms with Crippen LogP contribution in [0.5, 0.6) is 0 Å². The van der Waals surface area contributed by atoms with Crippen LogP contribution in [-0.2, 0) is 0 Å². The fraction of sp³-hybridized carbons (Fsp3) is 1.00. The molecule has 0 aromatic rings. The van der Waals surface area contributed by atoms with Crippen molar-refractivity contribution in [2.45, 2.75) is 78.4 Å². The number of hydrogen-bond acceptors (Lipinski definition) is 3. The third kappa shape index (κ3) is 4.34. The Hall–Kier alpha value is -0.120. The first-order valence-corrected chi connectivity index (χ1v) is 10.7. The van der Waals surface area contributed by atoms with Crippen molar-refractivity contribution in [3.05, 3.63) is 0 Å². The first-order valence-electron chi connectivity index (χ1n) is 10.7. The van der Waals surface area contributed by atoms with Gasteiger partial charge in [0.15, 0.2) is 0 Å². The van der Waals surface area contributed by atoms with Crippen LogP contribution in [-0.4, -0.2) is 72.1 Å². The van der Waals surface area contributed by atoms with Crippen molar-refractivity contribution in [2.75, 3.05) is 39.3 Å². The molecule has 1 atom stereocenters. The van der Waals surface area contributed by atoms with Crippen LogP contribution >= 0.6 is 0 Å². The Labute approximate surface area is 150 Å². The lowest BCUT2D eigenvalue weighted by Gasteiger charge is -2.51. The summed E-state index contributed by atoms with van der Waals surface area (Å²) in [5.41, 5.74) is 0. The Balaban J connectivity index is 1.39. The Morgan fingerprint density at radius 1 is 0.917 bits per heavy atom. The smallest absolute Gasteiger partial charge is 0.0198 e. The predicted molar refractivity (Wildman–Crippen MR) is 103 cm³/mol. The second kappa shape index (κ2) is 8.05. The molecule has 3 rings (SSSR count). The molecule has 0 unspecified atom stereocenters. The first kappa shape index (κ1) is 18.7. The van der Waals surface area contributed by atoms with Gasteiger partial charge in [0.25, 0.3) is 0 Å². The van der Waals surface area contributed by atoms with E-state index in [1.54, 1.807) is 0 Å². The van der Waals surface area contributed by atoms with Crippen LogP contribution in [0, 0.1) is 17.8 Å². The maximum Gasteiger partial charge on any atom is 0.0198 e. The molecule has 0 radical (unpaired) electrons. The van der Waals surface area contributed by atoms with Gasteiger partial charge in [-0.3, -0.25) is 4.90 Å². The van der Waals surface area contributed by atoms with Gasteiger partial charge >= 0.3 is 0 Å². The van der Waals surface area contributed by atoms with E-state index in [9.17, 15) is 0 Å². The van der Waals surface area contributed by atoms with Crippen LogP contribution in [0.1, 0.15) is 60.3 Å². The number of piperidine rings is 1. The number of likely N-dealkylation sites (tertiary alicyclic amines) is 1. The van der Waals surface area contributed by atoms with Crippen LogP contribution in [0.2, 0.25) is 0 Å². The van der Waals surface area contributed by atoms with Crippen molar-refractivity contribution < 1.29 is 0 Å². The highest BCUT2D eigenvalue weighted by molar-refractivity contribution is 4.93. The molecule has 2 saturated heterocycles. The zero-order chi connectivity index (χ0) is 17.3. The fourth-order valence-corrected chi connectivity index (χ4v) is 5.22. The molecule has 3 nitrogen and oxygen atoms in total. The second-order valence-corrected chi connectivity index (χ2v) is 9.55. The van der Waals surface area contributed by atoms with Crippen molar-refractivity contribution in [1.29, 1.82) is 0 Å². The van der Waals surface area contributed by atoms with Crippen molar-refractivity contribution in [3.63, 3.8) is 0 Å². The number of hydrogen-bond donors (Lipinski definition) is 0. The zero-order valence-corrected chi connectivity index (χ0v) is 16.9. The van der Waals surface area contributed by atoms with Crippen LogP contribution in [0.3, 0.4) is 0 Å². The first-order chi connectivity index (χ1) is 11.4. The molecule has 3 fully saturated rings. The van der Waals surface area contributed by atoms with Crippen LogP contribution in [0.25, 0.3) is 0 Å². The molecule has 0 N–H and O–H groups in total. The Morgan fingerprint density at radius 2 is 1.58 bits per heavy atom. The Morgan fingerprint density at radius 3 is 2.12 bits per heavy atom. The van der Waals surface area contributed by atoms with E-state index in [1.165, 1.54) is 65.0 Å². The third-order valence-corrected chi connectivity index (χ3v) is 7.22. The summed E-state index contributed by atoms with van der Waals surface area (Å²) in [6.07, 6.45) is 5.72. The molecule has 140 valence electrons. The van der Waals surface area contributed by atoms with Gasteiger partial charge in [-0.1, -0.05) is 13.8 Å². The van der Waals surface area contributed by atoms with E-state index >= 15 is 0 Å². The van der Waals surface area contributed by atoms with Gasteiger partial charge in [0.05, 0.1) is 0 Å². The molecule has 3 aliphatic rings. The monoisotopic (exact) mass is 335 g/mol. The van der Waals surface area contributed by atoms with Gasteiger partial charge in [-0.15, -0.1) is 0 Å². The summed E-state index contributed by atoms with van der Waals surface area (Å²) >= 11 is 0. The molecule has 0 amide bonds. The Bertz CT molecular complexity index is 381. The molecule has 2 heterocycles. The van der Waals surface area contributed by atoms with E-state index in [2.05, 4.69) is 49.3 Å². The highest BCUT2D eigenvalue weighted by Gasteiger charge is 2.39. The van der Waals surface area contributed by atoms with Gasteiger partial charge in [-0.25, -0.2) is 0 Å². The molecule has 0 bridgehead atoms. The standard InChI is InChI=1S/C21H41N3/c1-16(2)20-12-21(13-20)24-11-10-22(14-18(24)5)15-19-6-8-23(9-7-19)17(3)4/h16-21H,6-15H2,1-5H3/t18-,20?,21?/m0/s1. The van der Waals surface area contributed by atoms with Crippen LogP contribution in [0.4, 0.5) is 0 Å². The number of nitrogens with zero attached hydrogens (tertiary/aromatic N) is 3. The quantitative estimate of drug-likeness (QED) is 0.761. The molecule has 24 heavy (non-hydrogen) atoms. The van der Waals surface area contributed by atoms with E-state index in [1.807, 2.05) is 0 Å². The van der Waals surface area contributed by atoms with Gasteiger partial charge in [-0.05, 0) is 77.3 Å². The van der Waals surface area contributed by atoms with Crippen molar-refractivity contribution in [2.24, 2.45) is 17.8 Å². The molecule has 0 spiro atoms. The van der Waals surface area contributed by atoms with E-state index in [4.69, 9.17) is 0 Å². The normalized spacial score (nSPS) is 34.9. The minimum atomic E-state index is 0.728. The molecular weight excluding hydrogens is 294 g/mol. The lowest BCUT2D eigenvalue weighted by molar-refractivity contribution is -0.0185. The van der Waals surface area contributed by atoms with Gasteiger partial charge in [-0.2, -0.15) is 0 Å². The summed E-state index contributed by atoms with van der Waals surface area (Å²) in [4.78, 5) is 8.25. The fourth-order valence-electron chi connectivity index (χ4n) is 5.22. The maximum absolute atomic E-state index is 2.83. The largest absolute Gasteiger partial charge is 0.301 e. The predicted octanol–water partition coefficient (Wildman–Crippen LogP) is 3.55. The summed E-state index contributed by atoms with van der Waals surface area (Å²) in [6.45, 7) is 19.8. The summed E-state index contributed by atoms with van der Waals surface area (Å²) in [5, 5.41) is 0. The van der Waals surface area contributed by atoms with Gasteiger partial charge in [0.1, 0.15) is 0 Å². The highest BCUT2D eigenvalue weighted by Crippen LogP contribution is 2.38. The summed E-state index contributed by atoms with van der Waals surface area (Å²) in [5.74, 6) is 2.81. The molecule has 1 aliphatic carbocycles. The minimum absolute atomic E-state index is 0.728. The molecular formula is C21H41N3. The minimum Gasteiger partial charge on any atom is -0.301 e. The zero-order valence-electron chi connectivity index (χ0n) is 16.9. The summed E-state index contributed by atoms with van der Waals surface area (Å²) in [6, 6.07) is 2.38. The lowest BCUT2D eigenvalue weighted by Crippen LogP contribution is -2.59. The van der Waals surface area contributed by atoms with Crippen LogP contribution < -0.4 is 0 Å². The van der Waals surface area contributed by atoms with Crippen molar-refractivity contribution >= 4 is 0 Å². The van der Waals surface area contributed by atoms with Gasteiger partial charge in [0, 0.05) is 44.3 Å². The van der Waals surface area contributed by atoms with Gasteiger partial charge in [0.2, 0.25) is 0 Å². The molecule has 0 aromatic carbocycles. The van der Waals surface area contributed by atoms with Crippen LogP contribution in [0.15, 0.2) is 0 Å². The molecule has 0 aromatic heterocycles. The van der Waals surface area contributed by atoms with E-state index in [0.29, 0.717) is 0 Å². The average Bonchev–Trinajstić information content (AvgIpc) is 2.48. The summed E-state index contributed by atoms with van der Waals surface area (Å²) < 4.78 is 0. The lowest BCUT2D eigenvalue weighted by atomic mass is 9.72. The number of rotatable bonds is 5. The Kier molecular flexibility index (Phi) is 6.26. The second-order valence-electron chi connectivity index (χ2n) is 9.55.